The molecule has 4 rings (SSSR count). The number of nitrogens with one attached hydrogen (secondary N) is 2. The number of fused-ring (bicyclic) bond motifs is 3. The molecule has 2 bridgehead atoms. The summed E-state index contributed by atoms with van der Waals surface area (Å²) in [4.78, 5) is 12.3. The van der Waals surface area contributed by atoms with Gasteiger partial charge < -0.3 is 20.3 Å². The molecule has 2 heterocycles. The first-order chi connectivity index (χ1) is 11.8. The lowest BCUT2D eigenvalue weighted by Gasteiger charge is -2.30. The SMILES string of the molecule is O=C(NCc1nnc2n1CCCCC2)NC1C2CCC(C2)C1CO. The molecule has 2 aliphatic carbocycles. The quantitative estimate of drug-likeness (QED) is 0.772. The van der Waals surface area contributed by atoms with Crippen LogP contribution in [0.25, 0.3) is 0 Å². The molecule has 0 radical (unpaired) electrons. The summed E-state index contributed by atoms with van der Waals surface area (Å²) >= 11 is 0. The van der Waals surface area contributed by atoms with Gasteiger partial charge in [0, 0.05) is 31.5 Å². The van der Waals surface area contributed by atoms with Gasteiger partial charge in [-0.3, -0.25) is 0 Å². The molecule has 0 spiro atoms. The fraction of sp³-hybridized carbons (Fsp3) is 0.824. The summed E-state index contributed by atoms with van der Waals surface area (Å²) < 4.78 is 2.15. The topological polar surface area (TPSA) is 92.1 Å². The Hall–Kier alpha value is -1.63. The number of hydrogen-bond donors (Lipinski definition) is 3. The molecule has 132 valence electrons. The van der Waals surface area contributed by atoms with Crippen LogP contribution in [0.5, 0.6) is 0 Å². The predicted molar refractivity (Wildman–Crippen MR) is 88.1 cm³/mol. The summed E-state index contributed by atoms with van der Waals surface area (Å²) in [7, 11) is 0. The molecule has 4 unspecified atom stereocenters. The van der Waals surface area contributed by atoms with E-state index in [9.17, 15) is 9.90 Å². The highest BCUT2D eigenvalue weighted by Crippen LogP contribution is 2.48. The Morgan fingerprint density at radius 2 is 2.08 bits per heavy atom. The predicted octanol–water partition coefficient (Wildman–Crippen LogP) is 1.21. The number of aryl methyl sites for hydroxylation is 1. The van der Waals surface area contributed by atoms with Crippen LogP contribution in [0.1, 0.15) is 50.2 Å². The Labute approximate surface area is 142 Å². The van der Waals surface area contributed by atoms with Crippen molar-refractivity contribution in [3.8, 4) is 0 Å². The molecule has 7 heteroatoms. The minimum absolute atomic E-state index is 0.115. The average Bonchev–Trinajstić information content (AvgIpc) is 3.24. The Morgan fingerprint density at radius 1 is 1.21 bits per heavy atom. The van der Waals surface area contributed by atoms with Gasteiger partial charge in [-0.1, -0.05) is 6.42 Å². The van der Waals surface area contributed by atoms with E-state index in [0.717, 1.165) is 37.5 Å². The fourth-order valence-corrected chi connectivity index (χ4v) is 4.94. The molecule has 0 aromatic carbocycles. The molecule has 1 aliphatic heterocycles. The normalized spacial score (nSPS) is 31.5. The highest BCUT2D eigenvalue weighted by molar-refractivity contribution is 5.74. The van der Waals surface area contributed by atoms with E-state index in [1.54, 1.807) is 0 Å². The van der Waals surface area contributed by atoms with Gasteiger partial charge in [0.2, 0.25) is 0 Å². The largest absolute Gasteiger partial charge is 0.396 e. The Bertz CT molecular complexity index is 602. The van der Waals surface area contributed by atoms with Gasteiger partial charge in [-0.2, -0.15) is 0 Å². The minimum atomic E-state index is -0.156. The summed E-state index contributed by atoms with van der Waals surface area (Å²) in [6, 6.07) is -0.0405. The standard InChI is InChI=1S/C17H27N5O2/c23-10-13-11-5-6-12(8-11)16(13)19-17(24)18-9-15-21-20-14-4-2-1-3-7-22(14)15/h11-13,16,23H,1-10H2,(H2,18,19,24). The van der Waals surface area contributed by atoms with Crippen LogP contribution in [0, 0.1) is 17.8 Å². The van der Waals surface area contributed by atoms with E-state index >= 15 is 0 Å². The maximum atomic E-state index is 12.3. The van der Waals surface area contributed by atoms with Crippen LogP contribution in [-0.2, 0) is 19.5 Å². The number of aliphatic hydroxyl groups excluding tert-OH is 1. The lowest BCUT2D eigenvalue weighted by Crippen LogP contribution is -2.49. The van der Waals surface area contributed by atoms with Gasteiger partial charge in [-0.25, -0.2) is 4.79 Å². The third kappa shape index (κ3) is 2.90. The van der Waals surface area contributed by atoms with Gasteiger partial charge in [-0.05, 0) is 43.9 Å². The van der Waals surface area contributed by atoms with Gasteiger partial charge in [0.25, 0.3) is 0 Å². The van der Waals surface area contributed by atoms with Crippen LogP contribution in [0.4, 0.5) is 4.79 Å². The van der Waals surface area contributed by atoms with Crippen molar-refractivity contribution in [1.29, 1.82) is 0 Å². The molecule has 2 saturated carbocycles. The third-order valence-electron chi connectivity index (χ3n) is 6.19. The van der Waals surface area contributed by atoms with E-state index in [1.165, 1.54) is 25.7 Å². The van der Waals surface area contributed by atoms with E-state index in [1.807, 2.05) is 0 Å². The number of carbonyl (C=O) groups is 1. The number of urea groups is 1. The Balaban J connectivity index is 1.33. The van der Waals surface area contributed by atoms with Crippen LogP contribution < -0.4 is 10.6 Å². The number of hydrogen-bond acceptors (Lipinski definition) is 4. The van der Waals surface area contributed by atoms with Crippen molar-refractivity contribution in [1.82, 2.24) is 25.4 Å². The van der Waals surface area contributed by atoms with Crippen LogP contribution in [0.3, 0.4) is 0 Å². The van der Waals surface area contributed by atoms with Crippen molar-refractivity contribution in [3.63, 3.8) is 0 Å². The highest BCUT2D eigenvalue weighted by Gasteiger charge is 2.47. The van der Waals surface area contributed by atoms with Crippen LogP contribution in [0.2, 0.25) is 0 Å². The van der Waals surface area contributed by atoms with Crippen molar-refractivity contribution < 1.29 is 9.90 Å². The molecule has 1 aromatic heterocycles. The number of carbonyl (C=O) groups excluding carboxylic acids is 1. The lowest BCUT2D eigenvalue weighted by molar-refractivity contribution is 0.144. The average molecular weight is 333 g/mol. The number of nitrogens with zero attached hydrogens (tertiary/aromatic N) is 3. The second-order valence-electron chi connectivity index (χ2n) is 7.53. The fourth-order valence-electron chi connectivity index (χ4n) is 4.94. The second kappa shape index (κ2) is 6.70. The Kier molecular flexibility index (Phi) is 4.43. The van der Waals surface area contributed by atoms with E-state index in [2.05, 4.69) is 25.4 Å². The highest BCUT2D eigenvalue weighted by atomic mass is 16.3. The molecule has 3 aliphatic rings. The van der Waals surface area contributed by atoms with E-state index in [0.29, 0.717) is 18.4 Å². The summed E-state index contributed by atoms with van der Waals surface area (Å²) in [5, 5.41) is 24.2. The molecule has 2 amide bonds. The number of aromatic nitrogens is 3. The van der Waals surface area contributed by atoms with E-state index in [4.69, 9.17) is 0 Å². The summed E-state index contributed by atoms with van der Waals surface area (Å²) in [5.74, 6) is 3.21. The van der Waals surface area contributed by atoms with Gasteiger partial charge >= 0.3 is 6.03 Å². The number of amides is 2. The lowest BCUT2D eigenvalue weighted by atomic mass is 9.85. The molecule has 1 aromatic rings. The van der Waals surface area contributed by atoms with Crippen molar-refractivity contribution in [3.05, 3.63) is 11.6 Å². The third-order valence-corrected chi connectivity index (χ3v) is 6.19. The molecule has 0 saturated heterocycles. The van der Waals surface area contributed by atoms with Gasteiger partial charge in [0.05, 0.1) is 6.54 Å². The van der Waals surface area contributed by atoms with Gasteiger partial charge in [0.15, 0.2) is 5.82 Å². The first-order valence-corrected chi connectivity index (χ1v) is 9.32. The van der Waals surface area contributed by atoms with Crippen molar-refractivity contribution in [2.45, 2.75) is 64.1 Å². The van der Waals surface area contributed by atoms with Crippen LogP contribution in [-0.4, -0.2) is 38.6 Å². The van der Waals surface area contributed by atoms with Crippen molar-refractivity contribution in [2.75, 3.05) is 6.61 Å². The molecular weight excluding hydrogens is 306 g/mol. The Morgan fingerprint density at radius 3 is 2.96 bits per heavy atom. The maximum absolute atomic E-state index is 12.3. The number of rotatable bonds is 4. The first kappa shape index (κ1) is 15.9. The van der Waals surface area contributed by atoms with Crippen molar-refractivity contribution in [2.24, 2.45) is 17.8 Å². The van der Waals surface area contributed by atoms with Crippen LogP contribution in [0.15, 0.2) is 0 Å². The van der Waals surface area contributed by atoms with E-state index < -0.39 is 0 Å². The molecular formula is C17H27N5O2. The summed E-state index contributed by atoms with van der Waals surface area (Å²) in [6.07, 6.45) is 8.03. The van der Waals surface area contributed by atoms with Gasteiger partial charge in [-0.15, -0.1) is 10.2 Å². The molecule has 7 nitrogen and oxygen atoms in total. The van der Waals surface area contributed by atoms with Gasteiger partial charge in [0.1, 0.15) is 5.82 Å². The van der Waals surface area contributed by atoms with E-state index in [-0.39, 0.29) is 24.6 Å². The summed E-state index contributed by atoms with van der Waals surface area (Å²) in [5.41, 5.74) is 0. The monoisotopic (exact) mass is 333 g/mol. The number of aliphatic hydroxyl groups is 1. The molecule has 24 heavy (non-hydrogen) atoms. The zero-order valence-corrected chi connectivity index (χ0v) is 14.1. The molecule has 2 fully saturated rings. The van der Waals surface area contributed by atoms with Crippen LogP contribution >= 0.6 is 0 Å². The molecule has 4 atom stereocenters. The zero-order chi connectivity index (χ0) is 16.5. The molecule has 3 N–H and O–H groups in total. The summed E-state index contributed by atoms with van der Waals surface area (Å²) in [6.45, 7) is 1.52. The first-order valence-electron chi connectivity index (χ1n) is 9.32. The van der Waals surface area contributed by atoms with Crippen molar-refractivity contribution >= 4 is 6.03 Å². The second-order valence-corrected chi connectivity index (χ2v) is 7.53. The smallest absolute Gasteiger partial charge is 0.315 e. The minimum Gasteiger partial charge on any atom is -0.396 e. The zero-order valence-electron chi connectivity index (χ0n) is 14.1. The maximum Gasteiger partial charge on any atom is 0.315 e.